The fraction of sp³-hybridized carbons (Fsp3) is 0.611. The van der Waals surface area contributed by atoms with E-state index in [1.807, 2.05) is 32.9 Å². The Hall–Kier alpha value is -1.55. The number of hydrogen-bond donors (Lipinski definition) is 1. The lowest BCUT2D eigenvalue weighted by Crippen LogP contribution is -2.39. The highest BCUT2D eigenvalue weighted by Gasteiger charge is 2.28. The van der Waals surface area contributed by atoms with Crippen molar-refractivity contribution in [2.75, 3.05) is 11.9 Å². The van der Waals surface area contributed by atoms with Crippen LogP contribution in [-0.4, -0.2) is 24.2 Å². The van der Waals surface area contributed by atoms with Gasteiger partial charge in [0.25, 0.3) is 5.91 Å². The molecule has 0 heterocycles. The Balaban J connectivity index is 2.93. The molecule has 1 amide bonds. The first-order chi connectivity index (χ1) is 10.2. The Morgan fingerprint density at radius 1 is 1.23 bits per heavy atom. The standard InChI is InChI=1S/C18H29NO3/c1-8-14(5)22-16-12(3)10-15(11-13(16)4)19-17(20)18(6,7)21-9-2/h10-11,14H,8-9H2,1-7H3,(H,19,20). The van der Waals surface area contributed by atoms with Gasteiger partial charge in [-0.3, -0.25) is 4.79 Å². The fourth-order valence-corrected chi connectivity index (χ4v) is 2.20. The molecule has 4 heteroatoms. The summed E-state index contributed by atoms with van der Waals surface area (Å²) >= 11 is 0. The van der Waals surface area contributed by atoms with Crippen LogP contribution in [0.5, 0.6) is 5.75 Å². The Morgan fingerprint density at radius 3 is 2.23 bits per heavy atom. The molecule has 0 aliphatic carbocycles. The van der Waals surface area contributed by atoms with Gasteiger partial charge < -0.3 is 14.8 Å². The van der Waals surface area contributed by atoms with Gasteiger partial charge in [-0.1, -0.05) is 6.92 Å². The Labute approximate surface area is 134 Å². The highest BCUT2D eigenvalue weighted by molar-refractivity contribution is 5.97. The maximum absolute atomic E-state index is 12.3. The maximum atomic E-state index is 12.3. The van der Waals surface area contributed by atoms with E-state index in [0.717, 1.165) is 29.0 Å². The highest BCUT2D eigenvalue weighted by Crippen LogP contribution is 2.29. The van der Waals surface area contributed by atoms with Gasteiger partial charge in [0.15, 0.2) is 0 Å². The van der Waals surface area contributed by atoms with Crippen molar-refractivity contribution < 1.29 is 14.3 Å². The molecule has 1 atom stereocenters. The second-order valence-corrected chi connectivity index (χ2v) is 6.17. The van der Waals surface area contributed by atoms with Crippen LogP contribution in [0.1, 0.15) is 52.2 Å². The molecule has 1 aromatic carbocycles. The minimum Gasteiger partial charge on any atom is -0.490 e. The summed E-state index contributed by atoms with van der Waals surface area (Å²) in [6.45, 7) is 14.1. The largest absolute Gasteiger partial charge is 0.490 e. The number of nitrogens with one attached hydrogen (secondary N) is 1. The van der Waals surface area contributed by atoms with E-state index in [2.05, 4.69) is 19.2 Å². The van der Waals surface area contributed by atoms with Crippen LogP contribution in [0.2, 0.25) is 0 Å². The molecule has 1 N–H and O–H groups in total. The molecule has 0 saturated heterocycles. The first-order valence-electron chi connectivity index (χ1n) is 7.94. The van der Waals surface area contributed by atoms with Gasteiger partial charge in [0, 0.05) is 12.3 Å². The fourth-order valence-electron chi connectivity index (χ4n) is 2.20. The third kappa shape index (κ3) is 4.73. The molecule has 22 heavy (non-hydrogen) atoms. The second kappa shape index (κ2) is 7.63. The van der Waals surface area contributed by atoms with E-state index in [1.54, 1.807) is 13.8 Å². The molecular weight excluding hydrogens is 278 g/mol. The summed E-state index contributed by atoms with van der Waals surface area (Å²) in [6.07, 6.45) is 1.13. The van der Waals surface area contributed by atoms with E-state index >= 15 is 0 Å². The van der Waals surface area contributed by atoms with Crippen molar-refractivity contribution in [2.45, 2.75) is 66.6 Å². The average molecular weight is 307 g/mol. The van der Waals surface area contributed by atoms with E-state index in [9.17, 15) is 4.79 Å². The first-order valence-corrected chi connectivity index (χ1v) is 7.94. The molecule has 0 fully saturated rings. The third-order valence-corrected chi connectivity index (χ3v) is 3.66. The minimum atomic E-state index is -0.845. The predicted molar refractivity (Wildman–Crippen MR) is 90.6 cm³/mol. The number of ether oxygens (including phenoxy) is 2. The Morgan fingerprint density at radius 2 is 1.77 bits per heavy atom. The molecule has 4 nitrogen and oxygen atoms in total. The van der Waals surface area contributed by atoms with Gasteiger partial charge >= 0.3 is 0 Å². The monoisotopic (exact) mass is 307 g/mol. The average Bonchev–Trinajstić information content (AvgIpc) is 2.42. The summed E-state index contributed by atoms with van der Waals surface area (Å²) in [7, 11) is 0. The number of benzene rings is 1. The zero-order valence-electron chi connectivity index (χ0n) is 14.9. The molecule has 1 rings (SSSR count). The molecule has 1 unspecified atom stereocenters. The van der Waals surface area contributed by atoms with Crippen molar-refractivity contribution in [1.29, 1.82) is 0 Å². The highest BCUT2D eigenvalue weighted by atomic mass is 16.5. The van der Waals surface area contributed by atoms with Crippen molar-refractivity contribution in [3.05, 3.63) is 23.3 Å². The molecule has 0 aliphatic rings. The normalized spacial score (nSPS) is 12.9. The lowest BCUT2D eigenvalue weighted by molar-refractivity contribution is -0.136. The van der Waals surface area contributed by atoms with Crippen LogP contribution >= 0.6 is 0 Å². The Bertz CT molecular complexity index is 500. The topological polar surface area (TPSA) is 47.6 Å². The number of carbonyl (C=O) groups excluding carboxylic acids is 1. The van der Waals surface area contributed by atoms with Crippen LogP contribution in [0.15, 0.2) is 12.1 Å². The summed E-state index contributed by atoms with van der Waals surface area (Å²) in [6, 6.07) is 3.87. The van der Waals surface area contributed by atoms with Gasteiger partial charge in [-0.2, -0.15) is 0 Å². The van der Waals surface area contributed by atoms with E-state index in [4.69, 9.17) is 9.47 Å². The van der Waals surface area contributed by atoms with Gasteiger partial charge in [0.1, 0.15) is 11.4 Å². The number of amides is 1. The molecule has 0 radical (unpaired) electrons. The van der Waals surface area contributed by atoms with Gasteiger partial charge in [0.2, 0.25) is 0 Å². The van der Waals surface area contributed by atoms with Crippen LogP contribution in [0.4, 0.5) is 5.69 Å². The van der Waals surface area contributed by atoms with Gasteiger partial charge in [-0.15, -0.1) is 0 Å². The first kappa shape index (κ1) is 18.5. The van der Waals surface area contributed by atoms with Crippen molar-refractivity contribution >= 4 is 11.6 Å². The molecule has 0 saturated carbocycles. The minimum absolute atomic E-state index is 0.149. The molecule has 124 valence electrons. The molecule has 0 aliphatic heterocycles. The number of rotatable bonds is 7. The van der Waals surface area contributed by atoms with Gasteiger partial charge in [-0.05, 0) is 71.2 Å². The summed E-state index contributed by atoms with van der Waals surface area (Å²) in [4.78, 5) is 12.3. The number of carbonyl (C=O) groups is 1. The Kier molecular flexibility index (Phi) is 6.42. The quantitative estimate of drug-likeness (QED) is 0.820. The van der Waals surface area contributed by atoms with Crippen LogP contribution < -0.4 is 10.1 Å². The third-order valence-electron chi connectivity index (χ3n) is 3.66. The zero-order valence-corrected chi connectivity index (χ0v) is 14.9. The summed E-state index contributed by atoms with van der Waals surface area (Å²) in [5.41, 5.74) is 1.96. The van der Waals surface area contributed by atoms with Crippen LogP contribution in [0.3, 0.4) is 0 Å². The molecule has 1 aromatic rings. The zero-order chi connectivity index (χ0) is 16.9. The number of hydrogen-bond acceptors (Lipinski definition) is 3. The van der Waals surface area contributed by atoms with Crippen LogP contribution in [0.25, 0.3) is 0 Å². The number of aryl methyl sites for hydroxylation is 2. The summed E-state index contributed by atoms with van der Waals surface area (Å²) < 4.78 is 11.4. The van der Waals surface area contributed by atoms with E-state index < -0.39 is 5.60 Å². The van der Waals surface area contributed by atoms with Crippen molar-refractivity contribution in [2.24, 2.45) is 0 Å². The maximum Gasteiger partial charge on any atom is 0.256 e. The van der Waals surface area contributed by atoms with Crippen LogP contribution in [-0.2, 0) is 9.53 Å². The lowest BCUT2D eigenvalue weighted by Gasteiger charge is -2.24. The van der Waals surface area contributed by atoms with Gasteiger partial charge in [-0.25, -0.2) is 0 Å². The van der Waals surface area contributed by atoms with E-state index in [1.165, 1.54) is 0 Å². The lowest BCUT2D eigenvalue weighted by atomic mass is 10.1. The second-order valence-electron chi connectivity index (χ2n) is 6.17. The molecular formula is C18H29NO3. The van der Waals surface area contributed by atoms with Crippen LogP contribution in [0, 0.1) is 13.8 Å². The SMILES string of the molecule is CCOC(C)(C)C(=O)Nc1cc(C)c(OC(C)CC)c(C)c1. The summed E-state index contributed by atoms with van der Waals surface area (Å²) in [5.74, 6) is 0.750. The van der Waals surface area contributed by atoms with E-state index in [-0.39, 0.29) is 12.0 Å². The number of anilines is 1. The molecule has 0 spiro atoms. The smallest absolute Gasteiger partial charge is 0.256 e. The van der Waals surface area contributed by atoms with Gasteiger partial charge in [0.05, 0.1) is 6.10 Å². The molecule has 0 bridgehead atoms. The molecule has 0 aromatic heterocycles. The van der Waals surface area contributed by atoms with E-state index in [0.29, 0.717) is 6.61 Å². The van der Waals surface area contributed by atoms with Crippen molar-refractivity contribution in [3.63, 3.8) is 0 Å². The van der Waals surface area contributed by atoms with Crippen molar-refractivity contribution in [1.82, 2.24) is 0 Å². The summed E-state index contributed by atoms with van der Waals surface area (Å²) in [5, 5.41) is 2.92. The van der Waals surface area contributed by atoms with Crippen molar-refractivity contribution in [3.8, 4) is 5.75 Å². The predicted octanol–water partition coefficient (Wildman–Crippen LogP) is 4.23.